The Bertz CT molecular complexity index is 514. The van der Waals surface area contributed by atoms with E-state index >= 15 is 0 Å². The third-order valence-corrected chi connectivity index (χ3v) is 4.19. The first-order valence-corrected chi connectivity index (χ1v) is 8.69. The zero-order valence-corrected chi connectivity index (χ0v) is 15.3. The van der Waals surface area contributed by atoms with Gasteiger partial charge in [0.25, 0.3) is 0 Å². The van der Waals surface area contributed by atoms with Crippen LogP contribution in [0.25, 0.3) is 0 Å². The Morgan fingerprint density at radius 1 is 1.21 bits per heavy atom. The van der Waals surface area contributed by atoms with Crippen LogP contribution in [0.15, 0.2) is 24.3 Å². The van der Waals surface area contributed by atoms with E-state index in [0.29, 0.717) is 5.92 Å². The number of hydrogen-bond donors (Lipinski definition) is 1. The van der Waals surface area contributed by atoms with Crippen LogP contribution in [0, 0.1) is 5.92 Å². The summed E-state index contributed by atoms with van der Waals surface area (Å²) < 4.78 is 10.6. The quantitative estimate of drug-likeness (QED) is 0.896. The van der Waals surface area contributed by atoms with Crippen LogP contribution in [0.1, 0.15) is 39.2 Å². The summed E-state index contributed by atoms with van der Waals surface area (Å²) in [5.74, 6) is 1.50. The van der Waals surface area contributed by atoms with Crippen molar-refractivity contribution in [2.45, 2.75) is 45.8 Å². The Balaban J connectivity index is 1.66. The Labute approximate surface area is 145 Å². The number of carbonyl (C=O) groups is 1. The molecule has 1 aliphatic rings. The lowest BCUT2D eigenvalue weighted by molar-refractivity contribution is 0.0184. The number of ether oxygens (including phenoxy) is 2. The summed E-state index contributed by atoms with van der Waals surface area (Å²) in [6, 6.07) is 8.13. The second kappa shape index (κ2) is 8.38. The van der Waals surface area contributed by atoms with Gasteiger partial charge in [-0.3, -0.25) is 0 Å². The van der Waals surface area contributed by atoms with Gasteiger partial charge in [0.2, 0.25) is 0 Å². The average Bonchev–Trinajstić information content (AvgIpc) is 2.54. The molecule has 24 heavy (non-hydrogen) atoms. The Morgan fingerprint density at radius 2 is 1.83 bits per heavy atom. The van der Waals surface area contributed by atoms with Gasteiger partial charge in [0.15, 0.2) is 0 Å². The highest BCUT2D eigenvalue weighted by Crippen LogP contribution is 2.19. The molecule has 0 radical (unpaired) electrons. The second-order valence-electron chi connectivity index (χ2n) is 7.39. The first-order valence-electron chi connectivity index (χ1n) is 8.69. The molecule has 1 saturated heterocycles. The lowest BCUT2D eigenvalue weighted by Gasteiger charge is -2.33. The van der Waals surface area contributed by atoms with E-state index in [0.717, 1.165) is 44.8 Å². The highest BCUT2D eigenvalue weighted by atomic mass is 16.6. The number of benzene rings is 1. The van der Waals surface area contributed by atoms with Gasteiger partial charge >= 0.3 is 6.09 Å². The fraction of sp³-hybridized carbons (Fsp3) is 0.632. The third-order valence-electron chi connectivity index (χ3n) is 4.19. The van der Waals surface area contributed by atoms with Gasteiger partial charge in [-0.2, -0.15) is 0 Å². The third kappa shape index (κ3) is 6.04. The number of amides is 1. The van der Waals surface area contributed by atoms with Gasteiger partial charge in [-0.1, -0.05) is 12.1 Å². The topological polar surface area (TPSA) is 50.8 Å². The summed E-state index contributed by atoms with van der Waals surface area (Å²) in [6.45, 7) is 9.11. The summed E-state index contributed by atoms with van der Waals surface area (Å²) >= 11 is 0. The molecular formula is C19H30N2O3. The van der Waals surface area contributed by atoms with E-state index in [9.17, 15) is 4.79 Å². The maximum Gasteiger partial charge on any atom is 0.410 e. The van der Waals surface area contributed by atoms with Crippen molar-refractivity contribution >= 4 is 6.09 Å². The van der Waals surface area contributed by atoms with Gasteiger partial charge in [-0.05, 0) is 63.8 Å². The van der Waals surface area contributed by atoms with E-state index in [1.54, 1.807) is 7.11 Å². The molecule has 0 atom stereocenters. The highest BCUT2D eigenvalue weighted by Gasteiger charge is 2.26. The lowest BCUT2D eigenvalue weighted by Crippen LogP contribution is -2.43. The maximum absolute atomic E-state index is 12.0. The molecule has 0 spiro atoms. The van der Waals surface area contributed by atoms with Crippen molar-refractivity contribution in [2.75, 3.05) is 26.7 Å². The molecule has 1 N–H and O–H groups in total. The normalized spacial score (nSPS) is 16.1. The number of methoxy groups -OCH3 is 1. The van der Waals surface area contributed by atoms with Crippen LogP contribution in [-0.2, 0) is 11.3 Å². The predicted molar refractivity (Wildman–Crippen MR) is 95.2 cm³/mol. The standard InChI is InChI=1S/C19H30N2O3/c1-19(2,3)24-18(22)21-11-9-16(10-12-21)14-20-13-15-5-7-17(23-4)8-6-15/h5-8,16,20H,9-14H2,1-4H3. The molecule has 0 aromatic heterocycles. The largest absolute Gasteiger partial charge is 0.497 e. The molecule has 0 aliphatic carbocycles. The van der Waals surface area contributed by atoms with Crippen LogP contribution < -0.4 is 10.1 Å². The number of nitrogens with zero attached hydrogens (tertiary/aromatic N) is 1. The molecular weight excluding hydrogens is 304 g/mol. The molecule has 0 unspecified atom stereocenters. The average molecular weight is 334 g/mol. The van der Waals surface area contributed by atoms with Crippen molar-refractivity contribution in [3.05, 3.63) is 29.8 Å². The van der Waals surface area contributed by atoms with Gasteiger partial charge in [-0.15, -0.1) is 0 Å². The first kappa shape index (κ1) is 18.6. The van der Waals surface area contributed by atoms with Crippen LogP contribution in [-0.4, -0.2) is 43.3 Å². The highest BCUT2D eigenvalue weighted by molar-refractivity contribution is 5.68. The van der Waals surface area contributed by atoms with Crippen molar-refractivity contribution in [3.63, 3.8) is 0 Å². The summed E-state index contributed by atoms with van der Waals surface area (Å²) in [6.07, 6.45) is 1.86. The predicted octanol–water partition coefficient (Wildman–Crippen LogP) is 3.43. The Morgan fingerprint density at radius 3 is 2.38 bits per heavy atom. The zero-order valence-electron chi connectivity index (χ0n) is 15.3. The fourth-order valence-electron chi connectivity index (χ4n) is 2.81. The molecule has 134 valence electrons. The molecule has 0 bridgehead atoms. The minimum atomic E-state index is -0.423. The number of rotatable bonds is 5. The fourth-order valence-corrected chi connectivity index (χ4v) is 2.81. The van der Waals surface area contributed by atoms with E-state index in [1.165, 1.54) is 5.56 Å². The molecule has 1 aromatic rings. The molecule has 1 fully saturated rings. The van der Waals surface area contributed by atoms with E-state index in [4.69, 9.17) is 9.47 Å². The molecule has 5 nitrogen and oxygen atoms in total. The Kier molecular flexibility index (Phi) is 6.49. The van der Waals surface area contributed by atoms with Gasteiger partial charge < -0.3 is 19.7 Å². The van der Waals surface area contributed by atoms with Crippen LogP contribution in [0.4, 0.5) is 4.79 Å². The van der Waals surface area contributed by atoms with Crippen LogP contribution in [0.2, 0.25) is 0 Å². The van der Waals surface area contributed by atoms with Gasteiger partial charge in [0.1, 0.15) is 11.4 Å². The van der Waals surface area contributed by atoms with Crippen molar-refractivity contribution in [2.24, 2.45) is 5.92 Å². The van der Waals surface area contributed by atoms with E-state index in [-0.39, 0.29) is 6.09 Å². The lowest BCUT2D eigenvalue weighted by atomic mass is 9.97. The zero-order chi connectivity index (χ0) is 17.6. The number of nitrogens with one attached hydrogen (secondary N) is 1. The van der Waals surface area contributed by atoms with E-state index < -0.39 is 5.60 Å². The summed E-state index contributed by atoms with van der Waals surface area (Å²) in [4.78, 5) is 13.9. The van der Waals surface area contributed by atoms with Gasteiger partial charge in [-0.25, -0.2) is 4.79 Å². The smallest absolute Gasteiger partial charge is 0.410 e. The SMILES string of the molecule is COc1ccc(CNCC2CCN(C(=O)OC(C)(C)C)CC2)cc1. The summed E-state index contributed by atoms with van der Waals surface area (Å²) in [5, 5.41) is 3.52. The molecule has 0 saturated carbocycles. The number of likely N-dealkylation sites (tertiary alicyclic amines) is 1. The summed E-state index contributed by atoms with van der Waals surface area (Å²) in [7, 11) is 1.68. The van der Waals surface area contributed by atoms with E-state index in [1.807, 2.05) is 37.8 Å². The van der Waals surface area contributed by atoms with Gasteiger partial charge in [0, 0.05) is 19.6 Å². The van der Waals surface area contributed by atoms with Crippen LogP contribution in [0.5, 0.6) is 5.75 Å². The first-order chi connectivity index (χ1) is 11.4. The van der Waals surface area contributed by atoms with Crippen LogP contribution >= 0.6 is 0 Å². The molecule has 2 rings (SSSR count). The number of carbonyl (C=O) groups excluding carboxylic acids is 1. The molecule has 1 amide bonds. The molecule has 5 heteroatoms. The summed E-state index contributed by atoms with van der Waals surface area (Å²) in [5.41, 5.74) is 0.829. The molecule has 1 aromatic carbocycles. The number of piperidine rings is 1. The Hall–Kier alpha value is -1.75. The van der Waals surface area contributed by atoms with E-state index in [2.05, 4.69) is 17.4 Å². The minimum absolute atomic E-state index is 0.188. The van der Waals surface area contributed by atoms with Crippen molar-refractivity contribution in [1.29, 1.82) is 0 Å². The molecule has 1 heterocycles. The van der Waals surface area contributed by atoms with Crippen LogP contribution in [0.3, 0.4) is 0 Å². The van der Waals surface area contributed by atoms with Crippen molar-refractivity contribution < 1.29 is 14.3 Å². The molecule has 1 aliphatic heterocycles. The van der Waals surface area contributed by atoms with Crippen molar-refractivity contribution in [3.8, 4) is 5.75 Å². The minimum Gasteiger partial charge on any atom is -0.497 e. The van der Waals surface area contributed by atoms with Crippen molar-refractivity contribution in [1.82, 2.24) is 10.2 Å². The monoisotopic (exact) mass is 334 g/mol. The maximum atomic E-state index is 12.0. The number of hydrogen-bond acceptors (Lipinski definition) is 4. The second-order valence-corrected chi connectivity index (χ2v) is 7.39. The van der Waals surface area contributed by atoms with Gasteiger partial charge in [0.05, 0.1) is 7.11 Å².